The lowest BCUT2D eigenvalue weighted by Crippen LogP contribution is -2.27. The zero-order valence-corrected chi connectivity index (χ0v) is 18.0. The van der Waals surface area contributed by atoms with Gasteiger partial charge in [0.25, 0.3) is 5.91 Å². The fourth-order valence-electron chi connectivity index (χ4n) is 2.70. The minimum Gasteiger partial charge on any atom is -0.490 e. The molecule has 2 aromatic carbocycles. The average molecular weight is 434 g/mol. The molecule has 28 heavy (non-hydrogen) atoms. The van der Waals surface area contributed by atoms with Crippen LogP contribution < -0.4 is 9.47 Å². The number of hydrogen-bond donors (Lipinski definition) is 0. The molecule has 4 nitrogen and oxygen atoms in total. The number of carbonyl (C=O) groups excluding carboxylic acids is 1. The van der Waals surface area contributed by atoms with Crippen LogP contribution in [0, 0.1) is 0 Å². The molecule has 0 aromatic heterocycles. The lowest BCUT2D eigenvalue weighted by molar-refractivity contribution is -0.121. The second-order valence-electron chi connectivity index (χ2n) is 5.95. The van der Waals surface area contributed by atoms with Gasteiger partial charge in [0.2, 0.25) is 0 Å². The Balaban J connectivity index is 1.81. The summed E-state index contributed by atoms with van der Waals surface area (Å²) in [6.07, 6.45) is 1.83. The molecule has 0 atom stereocenters. The lowest BCUT2D eigenvalue weighted by Gasteiger charge is -2.13. The summed E-state index contributed by atoms with van der Waals surface area (Å²) in [5, 5.41) is 0.662. The summed E-state index contributed by atoms with van der Waals surface area (Å²) in [5.41, 5.74) is 1.75. The van der Waals surface area contributed by atoms with Gasteiger partial charge in [-0.15, -0.1) is 0 Å². The van der Waals surface area contributed by atoms with Gasteiger partial charge in [-0.25, -0.2) is 0 Å². The number of likely N-dealkylation sites (N-methyl/N-ethyl adjacent to an activating group) is 1. The first-order valence-corrected chi connectivity index (χ1v) is 10.5. The number of ether oxygens (including phenoxy) is 2. The summed E-state index contributed by atoms with van der Waals surface area (Å²) < 4.78 is 12.2. The van der Waals surface area contributed by atoms with Crippen molar-refractivity contribution in [2.24, 2.45) is 0 Å². The van der Waals surface area contributed by atoms with Gasteiger partial charge in [0.15, 0.2) is 11.5 Å². The first-order chi connectivity index (χ1) is 13.5. The molecule has 0 radical (unpaired) electrons. The molecule has 0 aliphatic carbocycles. The van der Waals surface area contributed by atoms with Crippen LogP contribution in [0.2, 0.25) is 5.02 Å². The van der Waals surface area contributed by atoms with Crippen LogP contribution >= 0.6 is 35.6 Å². The Morgan fingerprint density at radius 1 is 1.14 bits per heavy atom. The number of carbonyl (C=O) groups is 1. The number of benzene rings is 2. The molecule has 0 spiro atoms. The fraction of sp³-hybridized carbons (Fsp3) is 0.238. The first kappa shape index (κ1) is 20.7. The van der Waals surface area contributed by atoms with Gasteiger partial charge in [0.05, 0.1) is 11.5 Å². The molecule has 1 aliphatic rings. The maximum absolute atomic E-state index is 12.4. The van der Waals surface area contributed by atoms with E-state index in [0.29, 0.717) is 45.5 Å². The molecular weight excluding hydrogens is 414 g/mol. The molecule has 7 heteroatoms. The molecule has 0 saturated carbocycles. The van der Waals surface area contributed by atoms with Crippen LogP contribution in [0.15, 0.2) is 47.4 Å². The van der Waals surface area contributed by atoms with Crippen LogP contribution in [0.3, 0.4) is 0 Å². The van der Waals surface area contributed by atoms with Crippen molar-refractivity contribution in [3.63, 3.8) is 0 Å². The van der Waals surface area contributed by atoms with E-state index in [1.807, 2.05) is 62.4 Å². The van der Waals surface area contributed by atoms with Gasteiger partial charge in [0, 0.05) is 17.1 Å². The van der Waals surface area contributed by atoms with E-state index in [0.717, 1.165) is 11.1 Å². The highest BCUT2D eigenvalue weighted by molar-refractivity contribution is 8.26. The van der Waals surface area contributed by atoms with Crippen molar-refractivity contribution in [1.29, 1.82) is 0 Å². The Hall–Kier alpha value is -2.02. The summed E-state index contributed by atoms with van der Waals surface area (Å²) >= 11 is 12.8. The van der Waals surface area contributed by atoms with Crippen molar-refractivity contribution in [2.45, 2.75) is 20.5 Å². The van der Waals surface area contributed by atoms with Crippen molar-refractivity contribution < 1.29 is 14.3 Å². The minimum absolute atomic E-state index is 0.0606. The molecule has 0 bridgehead atoms. The van der Waals surface area contributed by atoms with Crippen LogP contribution in [0.25, 0.3) is 6.08 Å². The van der Waals surface area contributed by atoms with Crippen molar-refractivity contribution in [1.82, 2.24) is 4.90 Å². The standard InChI is InChI=1S/C21H20ClNO3S2/c1-3-23-20(24)19(28-21(23)27)12-14-9-10-17(18(11-14)25-4-2)26-13-15-7-5-6-8-16(15)22/h5-12H,3-4,13H2,1-2H3/b19-12-. The van der Waals surface area contributed by atoms with E-state index in [-0.39, 0.29) is 5.91 Å². The molecule has 2 aromatic rings. The Kier molecular flexibility index (Phi) is 6.99. The monoisotopic (exact) mass is 433 g/mol. The normalized spacial score (nSPS) is 15.4. The Morgan fingerprint density at radius 2 is 1.93 bits per heavy atom. The Labute approximate surface area is 179 Å². The quantitative estimate of drug-likeness (QED) is 0.423. The second-order valence-corrected chi connectivity index (χ2v) is 8.03. The summed E-state index contributed by atoms with van der Waals surface area (Å²) in [6, 6.07) is 13.2. The highest BCUT2D eigenvalue weighted by atomic mass is 35.5. The first-order valence-electron chi connectivity index (χ1n) is 8.92. The molecule has 1 aliphatic heterocycles. The third-order valence-corrected chi connectivity index (χ3v) is 5.84. The number of halogens is 1. The predicted octanol–water partition coefficient (Wildman–Crippen LogP) is 5.54. The molecule has 0 unspecified atom stereocenters. The Morgan fingerprint density at radius 3 is 2.61 bits per heavy atom. The van der Waals surface area contributed by atoms with E-state index >= 15 is 0 Å². The van der Waals surface area contributed by atoms with Crippen molar-refractivity contribution in [3.05, 3.63) is 63.5 Å². The highest BCUT2D eigenvalue weighted by Gasteiger charge is 2.30. The van der Waals surface area contributed by atoms with Crippen molar-refractivity contribution in [2.75, 3.05) is 13.2 Å². The van der Waals surface area contributed by atoms with Crippen molar-refractivity contribution in [3.8, 4) is 11.5 Å². The van der Waals surface area contributed by atoms with E-state index in [1.54, 1.807) is 4.90 Å². The van der Waals surface area contributed by atoms with Crippen LogP contribution in [0.5, 0.6) is 11.5 Å². The molecule has 1 heterocycles. The molecular formula is C21H20ClNO3S2. The van der Waals surface area contributed by atoms with Crippen LogP contribution in [-0.4, -0.2) is 28.3 Å². The van der Waals surface area contributed by atoms with Gasteiger partial charge >= 0.3 is 0 Å². The largest absolute Gasteiger partial charge is 0.490 e. The SMILES string of the molecule is CCOc1cc(/C=C2\SC(=S)N(CC)C2=O)ccc1OCc1ccccc1Cl. The van der Waals surface area contributed by atoms with E-state index < -0.39 is 0 Å². The van der Waals surface area contributed by atoms with Crippen LogP contribution in [0.1, 0.15) is 25.0 Å². The number of amides is 1. The zero-order valence-electron chi connectivity index (χ0n) is 15.6. The van der Waals surface area contributed by atoms with Crippen LogP contribution in [0.4, 0.5) is 0 Å². The second kappa shape index (κ2) is 9.45. The third-order valence-electron chi connectivity index (χ3n) is 4.10. The van der Waals surface area contributed by atoms with Gasteiger partial charge < -0.3 is 9.47 Å². The maximum Gasteiger partial charge on any atom is 0.266 e. The zero-order chi connectivity index (χ0) is 20.1. The van der Waals surface area contributed by atoms with Crippen LogP contribution in [-0.2, 0) is 11.4 Å². The summed E-state index contributed by atoms with van der Waals surface area (Å²) in [4.78, 5) is 14.6. The van der Waals surface area contributed by atoms with E-state index in [4.69, 9.17) is 33.3 Å². The summed E-state index contributed by atoms with van der Waals surface area (Å²) in [7, 11) is 0. The molecule has 0 N–H and O–H groups in total. The number of thiocarbonyl (C=S) groups is 1. The Bertz CT molecular complexity index is 930. The molecule has 3 rings (SSSR count). The molecule has 1 saturated heterocycles. The number of rotatable bonds is 7. The van der Waals surface area contributed by atoms with E-state index in [2.05, 4.69) is 0 Å². The molecule has 1 amide bonds. The van der Waals surface area contributed by atoms with E-state index in [1.165, 1.54) is 11.8 Å². The van der Waals surface area contributed by atoms with Gasteiger partial charge in [0.1, 0.15) is 10.9 Å². The van der Waals surface area contributed by atoms with E-state index in [9.17, 15) is 4.79 Å². The average Bonchev–Trinajstić information content (AvgIpc) is 2.95. The topological polar surface area (TPSA) is 38.8 Å². The number of thioether (sulfide) groups is 1. The summed E-state index contributed by atoms with van der Waals surface area (Å²) in [6.45, 7) is 5.24. The molecule has 146 valence electrons. The van der Waals surface area contributed by atoms with Gasteiger partial charge in [-0.1, -0.05) is 59.8 Å². The third kappa shape index (κ3) is 4.69. The minimum atomic E-state index is -0.0606. The number of nitrogens with zero attached hydrogens (tertiary/aromatic N) is 1. The molecule has 1 fully saturated rings. The maximum atomic E-state index is 12.4. The van der Waals surface area contributed by atoms with Gasteiger partial charge in [-0.2, -0.15) is 0 Å². The van der Waals surface area contributed by atoms with Crippen molar-refractivity contribution >= 4 is 51.9 Å². The van der Waals surface area contributed by atoms with Gasteiger partial charge in [-0.3, -0.25) is 9.69 Å². The van der Waals surface area contributed by atoms with Gasteiger partial charge in [-0.05, 0) is 43.7 Å². The predicted molar refractivity (Wildman–Crippen MR) is 119 cm³/mol. The summed E-state index contributed by atoms with van der Waals surface area (Å²) in [5.74, 6) is 1.18. The lowest BCUT2D eigenvalue weighted by atomic mass is 10.1. The number of hydrogen-bond acceptors (Lipinski definition) is 5. The smallest absolute Gasteiger partial charge is 0.266 e. The highest BCUT2D eigenvalue weighted by Crippen LogP contribution is 2.35. The fourth-order valence-corrected chi connectivity index (χ4v) is 4.27.